The Morgan fingerprint density at radius 1 is 1.19 bits per heavy atom. The highest BCUT2D eigenvalue weighted by molar-refractivity contribution is 5.99. The van der Waals surface area contributed by atoms with E-state index in [9.17, 15) is 19.7 Å². The molecule has 1 unspecified atom stereocenters. The predicted molar refractivity (Wildman–Crippen MR) is 116 cm³/mol. The molecule has 0 radical (unpaired) electrons. The van der Waals surface area contributed by atoms with Crippen LogP contribution in [0.1, 0.15) is 19.8 Å². The third-order valence-electron chi connectivity index (χ3n) is 4.98. The largest absolute Gasteiger partial charge is 0.496 e. The van der Waals surface area contributed by atoms with Gasteiger partial charge in [0.1, 0.15) is 23.2 Å². The molecule has 2 amide bonds. The van der Waals surface area contributed by atoms with Gasteiger partial charge in [0, 0.05) is 24.7 Å². The van der Waals surface area contributed by atoms with Crippen molar-refractivity contribution >= 4 is 34.6 Å². The Hall–Kier alpha value is -3.82. The van der Waals surface area contributed by atoms with E-state index >= 15 is 0 Å². The van der Waals surface area contributed by atoms with Crippen LogP contribution in [0.2, 0.25) is 0 Å². The number of anilines is 3. The van der Waals surface area contributed by atoms with Gasteiger partial charge in [0.2, 0.25) is 11.8 Å². The van der Waals surface area contributed by atoms with E-state index in [2.05, 4.69) is 10.6 Å². The van der Waals surface area contributed by atoms with E-state index in [1.54, 1.807) is 30.0 Å². The number of hydrogen-bond donors (Lipinski definition) is 2. The molecule has 31 heavy (non-hydrogen) atoms. The summed E-state index contributed by atoms with van der Waals surface area (Å²) in [5.41, 5.74) is 1.10. The van der Waals surface area contributed by atoms with Gasteiger partial charge in [-0.3, -0.25) is 19.7 Å². The Morgan fingerprint density at radius 2 is 1.97 bits per heavy atom. The van der Waals surface area contributed by atoms with E-state index in [0.717, 1.165) is 6.42 Å². The second kappa shape index (κ2) is 9.33. The minimum Gasteiger partial charge on any atom is -0.496 e. The molecule has 164 valence electrons. The third kappa shape index (κ3) is 4.85. The van der Waals surface area contributed by atoms with Gasteiger partial charge in [-0.2, -0.15) is 0 Å². The molecule has 2 N–H and O–H groups in total. The summed E-state index contributed by atoms with van der Waals surface area (Å²) in [6.45, 7) is 2.27. The Balaban J connectivity index is 1.73. The highest BCUT2D eigenvalue weighted by atomic mass is 16.6. The molecular formula is C21H24N4O6. The smallest absolute Gasteiger partial charge is 0.296 e. The van der Waals surface area contributed by atoms with Gasteiger partial charge in [-0.05, 0) is 37.6 Å². The summed E-state index contributed by atoms with van der Waals surface area (Å²) in [4.78, 5) is 37.0. The number of carbonyl (C=O) groups excluding carboxylic acids is 2. The van der Waals surface area contributed by atoms with Gasteiger partial charge in [0.25, 0.3) is 5.69 Å². The minimum atomic E-state index is -0.703. The first kappa shape index (κ1) is 21.9. The fourth-order valence-corrected chi connectivity index (χ4v) is 3.34. The quantitative estimate of drug-likeness (QED) is 0.489. The van der Waals surface area contributed by atoms with Gasteiger partial charge < -0.3 is 25.0 Å². The first-order valence-electron chi connectivity index (χ1n) is 9.72. The molecule has 0 aliphatic carbocycles. The lowest BCUT2D eigenvalue weighted by molar-refractivity contribution is -0.384. The van der Waals surface area contributed by atoms with Gasteiger partial charge >= 0.3 is 0 Å². The molecule has 0 bridgehead atoms. The zero-order valence-electron chi connectivity index (χ0n) is 17.5. The molecule has 0 aromatic heterocycles. The van der Waals surface area contributed by atoms with Gasteiger partial charge in [0.15, 0.2) is 0 Å². The molecule has 1 aliphatic heterocycles. The van der Waals surface area contributed by atoms with Gasteiger partial charge in [-0.1, -0.05) is 0 Å². The number of ether oxygens (including phenoxy) is 2. The summed E-state index contributed by atoms with van der Waals surface area (Å²) in [6, 6.07) is 8.73. The number of nitro benzene ring substituents is 1. The van der Waals surface area contributed by atoms with Crippen LogP contribution >= 0.6 is 0 Å². The number of nitro groups is 1. The maximum atomic E-state index is 12.6. The standard InChI is InChI=1S/C21H24N4O6/c1-13(21(27)23-16-8-7-15(30-2)12-18(16)25(28)29)22-14-6-9-17(19(11-14)31-3)24-10-4-5-20(24)26/h6-9,11-13,22H,4-5,10H2,1-3H3,(H,23,27). The fourth-order valence-electron chi connectivity index (χ4n) is 3.34. The molecule has 1 heterocycles. The summed E-state index contributed by atoms with van der Waals surface area (Å²) in [6.07, 6.45) is 1.31. The average molecular weight is 428 g/mol. The molecule has 0 saturated carbocycles. The number of nitrogens with zero attached hydrogens (tertiary/aromatic N) is 2. The Morgan fingerprint density at radius 3 is 2.58 bits per heavy atom. The van der Waals surface area contributed by atoms with E-state index in [1.807, 2.05) is 0 Å². The van der Waals surface area contributed by atoms with Crippen molar-refractivity contribution in [2.45, 2.75) is 25.8 Å². The molecule has 3 rings (SSSR count). The van der Waals surface area contributed by atoms with Crippen LogP contribution in [0.25, 0.3) is 0 Å². The Labute approximate surface area is 179 Å². The maximum Gasteiger partial charge on any atom is 0.296 e. The van der Waals surface area contributed by atoms with Crippen molar-refractivity contribution in [3.8, 4) is 11.5 Å². The van der Waals surface area contributed by atoms with Crippen LogP contribution in [0, 0.1) is 10.1 Å². The molecule has 1 aliphatic rings. The summed E-state index contributed by atoms with van der Waals surface area (Å²) in [5.74, 6) is 0.428. The average Bonchev–Trinajstić information content (AvgIpc) is 3.19. The van der Waals surface area contributed by atoms with Gasteiger partial charge in [0.05, 0.1) is 30.9 Å². The van der Waals surface area contributed by atoms with Crippen molar-refractivity contribution in [2.75, 3.05) is 36.3 Å². The summed E-state index contributed by atoms with van der Waals surface area (Å²) in [7, 11) is 2.92. The zero-order valence-corrected chi connectivity index (χ0v) is 17.5. The molecule has 1 atom stereocenters. The normalized spacial score (nSPS) is 14.2. The van der Waals surface area contributed by atoms with Crippen molar-refractivity contribution in [1.29, 1.82) is 0 Å². The van der Waals surface area contributed by atoms with Crippen molar-refractivity contribution < 1.29 is 24.0 Å². The number of methoxy groups -OCH3 is 2. The zero-order chi connectivity index (χ0) is 22.5. The number of rotatable bonds is 8. The van der Waals surface area contributed by atoms with Crippen molar-refractivity contribution in [3.63, 3.8) is 0 Å². The lowest BCUT2D eigenvalue weighted by Crippen LogP contribution is -2.32. The van der Waals surface area contributed by atoms with Crippen LogP contribution in [0.15, 0.2) is 36.4 Å². The molecule has 10 nitrogen and oxygen atoms in total. The first-order chi connectivity index (χ1) is 14.8. The first-order valence-corrected chi connectivity index (χ1v) is 9.72. The second-order valence-electron chi connectivity index (χ2n) is 7.03. The molecule has 1 fully saturated rings. The summed E-state index contributed by atoms with van der Waals surface area (Å²) < 4.78 is 10.4. The van der Waals surface area contributed by atoms with Crippen LogP contribution in [0.3, 0.4) is 0 Å². The van der Waals surface area contributed by atoms with E-state index < -0.39 is 16.9 Å². The number of nitrogens with one attached hydrogen (secondary N) is 2. The highest BCUT2D eigenvalue weighted by Crippen LogP contribution is 2.34. The summed E-state index contributed by atoms with van der Waals surface area (Å²) >= 11 is 0. The fraction of sp³-hybridized carbons (Fsp3) is 0.333. The number of amides is 2. The molecule has 1 saturated heterocycles. The highest BCUT2D eigenvalue weighted by Gasteiger charge is 2.25. The second-order valence-corrected chi connectivity index (χ2v) is 7.03. The van der Waals surface area contributed by atoms with E-state index in [4.69, 9.17) is 9.47 Å². The Bertz CT molecular complexity index is 1010. The van der Waals surface area contributed by atoms with Crippen LogP contribution in [0.5, 0.6) is 11.5 Å². The van der Waals surface area contributed by atoms with Crippen LogP contribution in [0.4, 0.5) is 22.7 Å². The lowest BCUT2D eigenvalue weighted by atomic mass is 10.2. The van der Waals surface area contributed by atoms with Crippen LogP contribution in [-0.2, 0) is 9.59 Å². The third-order valence-corrected chi connectivity index (χ3v) is 4.98. The minimum absolute atomic E-state index is 0.0489. The predicted octanol–water partition coefficient (Wildman–Crippen LogP) is 3.18. The molecule has 2 aromatic rings. The van der Waals surface area contributed by atoms with Crippen LogP contribution in [-0.4, -0.2) is 43.5 Å². The molecular weight excluding hydrogens is 404 g/mol. The van der Waals surface area contributed by atoms with Gasteiger partial charge in [-0.25, -0.2) is 0 Å². The molecule has 2 aromatic carbocycles. The van der Waals surface area contributed by atoms with E-state index in [1.165, 1.54) is 32.4 Å². The Kier molecular flexibility index (Phi) is 6.58. The van der Waals surface area contributed by atoms with Crippen molar-refractivity contribution in [2.24, 2.45) is 0 Å². The summed E-state index contributed by atoms with van der Waals surface area (Å²) in [5, 5.41) is 16.9. The van der Waals surface area contributed by atoms with Crippen molar-refractivity contribution in [3.05, 3.63) is 46.5 Å². The topological polar surface area (TPSA) is 123 Å². The van der Waals surface area contributed by atoms with Crippen molar-refractivity contribution in [1.82, 2.24) is 0 Å². The van der Waals surface area contributed by atoms with Gasteiger partial charge in [-0.15, -0.1) is 0 Å². The number of benzene rings is 2. The lowest BCUT2D eigenvalue weighted by Gasteiger charge is -2.21. The van der Waals surface area contributed by atoms with Crippen LogP contribution < -0.4 is 25.0 Å². The van der Waals surface area contributed by atoms with E-state index in [0.29, 0.717) is 35.8 Å². The van der Waals surface area contributed by atoms with E-state index in [-0.39, 0.29) is 17.3 Å². The maximum absolute atomic E-state index is 12.6. The number of hydrogen-bond acceptors (Lipinski definition) is 7. The number of carbonyl (C=O) groups is 2. The SMILES string of the molecule is COc1ccc(NC(=O)C(C)Nc2ccc(N3CCCC3=O)c(OC)c2)c([N+](=O)[O-])c1. The monoisotopic (exact) mass is 428 g/mol. The molecule has 10 heteroatoms. The molecule has 0 spiro atoms.